The minimum absolute atomic E-state index is 0.379. The molecule has 3 nitrogen and oxygen atoms in total. The fourth-order valence-electron chi connectivity index (χ4n) is 3.37. The first-order chi connectivity index (χ1) is 11.8. The first-order valence-corrected chi connectivity index (χ1v) is 9.03. The molecule has 1 N–H and O–H groups in total. The smallest absolute Gasteiger partial charge is 0.0916 e. The third-order valence-electron chi connectivity index (χ3n) is 4.86. The zero-order valence-electron chi connectivity index (χ0n) is 14.3. The highest BCUT2D eigenvalue weighted by Crippen LogP contribution is 2.15. The normalized spacial score (nSPS) is 17.7. The summed E-state index contributed by atoms with van der Waals surface area (Å²) in [5.74, 6) is 0. The van der Waals surface area contributed by atoms with Gasteiger partial charge in [-0.05, 0) is 30.5 Å². The molecule has 1 aliphatic rings. The zero-order valence-corrected chi connectivity index (χ0v) is 14.3. The number of rotatable bonds is 7. The van der Waals surface area contributed by atoms with Crippen molar-refractivity contribution in [1.82, 2.24) is 9.80 Å². The number of aryl methyl sites for hydroxylation is 1. The molecule has 1 atom stereocenters. The highest BCUT2D eigenvalue weighted by Gasteiger charge is 2.19. The van der Waals surface area contributed by atoms with Crippen LogP contribution in [0.3, 0.4) is 0 Å². The summed E-state index contributed by atoms with van der Waals surface area (Å²) in [5, 5.41) is 10.4. The Morgan fingerprint density at radius 1 is 0.792 bits per heavy atom. The van der Waals surface area contributed by atoms with Gasteiger partial charge in [0.15, 0.2) is 0 Å². The summed E-state index contributed by atoms with van der Waals surface area (Å²) in [7, 11) is 0. The molecule has 0 amide bonds. The largest absolute Gasteiger partial charge is 0.387 e. The molecule has 3 heteroatoms. The summed E-state index contributed by atoms with van der Waals surface area (Å²) >= 11 is 0. The standard InChI is InChI=1S/C21H28N2O/c24-21(20-11-5-2-6-12-20)18-23-16-14-22(15-17-23)13-7-10-19-8-3-1-4-9-19/h1-6,8-9,11-12,21,24H,7,10,13-18H2/t21-/m0/s1. The van der Waals surface area contributed by atoms with Gasteiger partial charge in [0.1, 0.15) is 0 Å². The van der Waals surface area contributed by atoms with Crippen LogP contribution in [-0.2, 0) is 6.42 Å². The van der Waals surface area contributed by atoms with Gasteiger partial charge in [0, 0.05) is 32.7 Å². The number of benzene rings is 2. The fraction of sp³-hybridized carbons (Fsp3) is 0.429. The fourth-order valence-corrected chi connectivity index (χ4v) is 3.37. The Bertz CT molecular complexity index is 579. The van der Waals surface area contributed by atoms with Crippen LogP contribution in [0.1, 0.15) is 23.7 Å². The number of hydrogen-bond acceptors (Lipinski definition) is 3. The third kappa shape index (κ3) is 5.17. The molecule has 1 aliphatic heterocycles. The van der Waals surface area contributed by atoms with Crippen molar-refractivity contribution in [3.63, 3.8) is 0 Å². The van der Waals surface area contributed by atoms with Crippen LogP contribution in [0.4, 0.5) is 0 Å². The van der Waals surface area contributed by atoms with Gasteiger partial charge in [-0.2, -0.15) is 0 Å². The Labute approximate surface area is 145 Å². The molecule has 0 aliphatic carbocycles. The van der Waals surface area contributed by atoms with Gasteiger partial charge in [0.05, 0.1) is 6.10 Å². The number of piperazine rings is 1. The zero-order chi connectivity index (χ0) is 16.6. The monoisotopic (exact) mass is 324 g/mol. The molecule has 0 bridgehead atoms. The van der Waals surface area contributed by atoms with Gasteiger partial charge in [0.2, 0.25) is 0 Å². The van der Waals surface area contributed by atoms with Crippen LogP contribution in [0.2, 0.25) is 0 Å². The van der Waals surface area contributed by atoms with Crippen molar-refractivity contribution < 1.29 is 5.11 Å². The summed E-state index contributed by atoms with van der Waals surface area (Å²) in [6.07, 6.45) is 2.00. The summed E-state index contributed by atoms with van der Waals surface area (Å²) in [6, 6.07) is 20.7. The molecule has 1 heterocycles. The topological polar surface area (TPSA) is 26.7 Å². The van der Waals surface area contributed by atoms with Crippen LogP contribution in [-0.4, -0.2) is 54.2 Å². The first kappa shape index (κ1) is 17.2. The lowest BCUT2D eigenvalue weighted by atomic mass is 10.1. The van der Waals surface area contributed by atoms with Crippen molar-refractivity contribution in [2.75, 3.05) is 39.3 Å². The molecule has 0 saturated carbocycles. The highest BCUT2D eigenvalue weighted by atomic mass is 16.3. The molecule has 2 aromatic rings. The number of β-amino-alcohol motifs (C(OH)–C–C–N with tert-alkyl or cyclic N) is 1. The number of aliphatic hydroxyl groups excluding tert-OH is 1. The lowest BCUT2D eigenvalue weighted by molar-refractivity contribution is 0.0722. The Morgan fingerprint density at radius 3 is 2.04 bits per heavy atom. The van der Waals surface area contributed by atoms with Gasteiger partial charge in [-0.25, -0.2) is 0 Å². The number of hydrogen-bond donors (Lipinski definition) is 1. The SMILES string of the molecule is O[C@@H](CN1CCN(CCCc2ccccc2)CC1)c1ccccc1. The predicted molar refractivity (Wildman–Crippen MR) is 99.0 cm³/mol. The van der Waals surface area contributed by atoms with Gasteiger partial charge in [-0.1, -0.05) is 60.7 Å². The van der Waals surface area contributed by atoms with Crippen LogP contribution in [0.5, 0.6) is 0 Å². The minimum Gasteiger partial charge on any atom is -0.387 e. The van der Waals surface area contributed by atoms with Crippen LogP contribution in [0.25, 0.3) is 0 Å². The summed E-state index contributed by atoms with van der Waals surface area (Å²) in [5.41, 5.74) is 2.45. The molecular formula is C21H28N2O. The Hall–Kier alpha value is -1.68. The van der Waals surface area contributed by atoms with E-state index in [9.17, 15) is 5.11 Å². The van der Waals surface area contributed by atoms with E-state index in [0.717, 1.165) is 44.7 Å². The maximum Gasteiger partial charge on any atom is 0.0916 e. The van der Waals surface area contributed by atoms with E-state index < -0.39 is 0 Å². The van der Waals surface area contributed by atoms with E-state index in [4.69, 9.17) is 0 Å². The number of nitrogens with zero attached hydrogens (tertiary/aromatic N) is 2. The molecule has 1 fully saturated rings. The van der Waals surface area contributed by atoms with Crippen LogP contribution >= 0.6 is 0 Å². The molecule has 0 aromatic heterocycles. The van der Waals surface area contributed by atoms with E-state index >= 15 is 0 Å². The van der Waals surface area contributed by atoms with E-state index in [0.29, 0.717) is 0 Å². The van der Waals surface area contributed by atoms with Crippen molar-refractivity contribution in [3.05, 3.63) is 71.8 Å². The van der Waals surface area contributed by atoms with Crippen molar-refractivity contribution in [1.29, 1.82) is 0 Å². The second-order valence-electron chi connectivity index (χ2n) is 6.66. The van der Waals surface area contributed by atoms with Gasteiger partial charge >= 0.3 is 0 Å². The highest BCUT2D eigenvalue weighted by molar-refractivity contribution is 5.17. The predicted octanol–water partition coefficient (Wildman–Crippen LogP) is 2.97. The van der Waals surface area contributed by atoms with E-state index in [2.05, 4.69) is 40.1 Å². The van der Waals surface area contributed by atoms with Crippen LogP contribution in [0.15, 0.2) is 60.7 Å². The summed E-state index contributed by atoms with van der Waals surface area (Å²) < 4.78 is 0. The van der Waals surface area contributed by atoms with Gasteiger partial charge in [-0.3, -0.25) is 4.90 Å². The molecular weight excluding hydrogens is 296 g/mol. The second-order valence-corrected chi connectivity index (χ2v) is 6.66. The van der Waals surface area contributed by atoms with E-state index in [1.165, 1.54) is 18.5 Å². The lowest BCUT2D eigenvalue weighted by Crippen LogP contribution is -2.47. The lowest BCUT2D eigenvalue weighted by Gasteiger charge is -2.35. The molecule has 3 rings (SSSR count). The Kier molecular flexibility index (Phi) is 6.41. The average Bonchev–Trinajstić information content (AvgIpc) is 2.65. The summed E-state index contributed by atoms with van der Waals surface area (Å²) in [6.45, 7) is 6.23. The van der Waals surface area contributed by atoms with Crippen molar-refractivity contribution in [2.45, 2.75) is 18.9 Å². The van der Waals surface area contributed by atoms with Crippen molar-refractivity contribution >= 4 is 0 Å². The van der Waals surface area contributed by atoms with Gasteiger partial charge in [0.25, 0.3) is 0 Å². The molecule has 1 saturated heterocycles. The van der Waals surface area contributed by atoms with Crippen molar-refractivity contribution in [3.8, 4) is 0 Å². The molecule has 128 valence electrons. The van der Waals surface area contributed by atoms with E-state index in [-0.39, 0.29) is 6.10 Å². The second kappa shape index (κ2) is 8.97. The average molecular weight is 324 g/mol. The molecule has 0 radical (unpaired) electrons. The first-order valence-electron chi connectivity index (χ1n) is 9.03. The minimum atomic E-state index is -0.379. The Morgan fingerprint density at radius 2 is 1.38 bits per heavy atom. The summed E-state index contributed by atoms with van der Waals surface area (Å²) in [4.78, 5) is 4.93. The maximum absolute atomic E-state index is 10.4. The van der Waals surface area contributed by atoms with E-state index in [1.807, 2.05) is 30.3 Å². The quantitative estimate of drug-likeness (QED) is 0.848. The maximum atomic E-state index is 10.4. The van der Waals surface area contributed by atoms with Crippen LogP contribution < -0.4 is 0 Å². The number of aliphatic hydroxyl groups is 1. The molecule has 2 aromatic carbocycles. The van der Waals surface area contributed by atoms with Crippen molar-refractivity contribution in [2.24, 2.45) is 0 Å². The van der Waals surface area contributed by atoms with E-state index in [1.54, 1.807) is 0 Å². The molecule has 0 spiro atoms. The van der Waals surface area contributed by atoms with Gasteiger partial charge < -0.3 is 10.0 Å². The Balaban J connectivity index is 1.35. The third-order valence-corrected chi connectivity index (χ3v) is 4.86. The molecule has 24 heavy (non-hydrogen) atoms. The van der Waals surface area contributed by atoms with Crippen LogP contribution in [0, 0.1) is 0 Å². The van der Waals surface area contributed by atoms with Gasteiger partial charge in [-0.15, -0.1) is 0 Å². The molecule has 0 unspecified atom stereocenters.